The van der Waals surface area contributed by atoms with E-state index in [1.165, 1.54) is 0 Å². The van der Waals surface area contributed by atoms with Crippen LogP contribution in [0.3, 0.4) is 0 Å². The molecular weight excluding hydrogens is 237 g/mol. The zero-order valence-electron chi connectivity index (χ0n) is 8.27. The van der Waals surface area contributed by atoms with E-state index in [4.69, 9.17) is 5.11 Å². The molecular formula is C9H8FNO4S. The molecule has 86 valence electrons. The first-order chi connectivity index (χ1) is 7.47. The van der Waals surface area contributed by atoms with Gasteiger partial charge in [0, 0.05) is 4.90 Å². The molecule has 1 aromatic carbocycles. The minimum atomic E-state index is -1.44. The fourth-order valence-corrected chi connectivity index (χ4v) is 1.84. The third-order valence-electron chi connectivity index (χ3n) is 1.78. The van der Waals surface area contributed by atoms with Crippen LogP contribution in [0.1, 0.15) is 17.3 Å². The summed E-state index contributed by atoms with van der Waals surface area (Å²) >= 11 is 1.09. The quantitative estimate of drug-likeness (QED) is 0.501. The van der Waals surface area contributed by atoms with E-state index in [-0.39, 0.29) is 4.90 Å². The lowest BCUT2D eigenvalue weighted by Gasteiger charge is -2.03. The van der Waals surface area contributed by atoms with Gasteiger partial charge in [0.25, 0.3) is 5.69 Å². The number of nitro groups is 1. The molecule has 0 aliphatic rings. The molecule has 0 unspecified atom stereocenters. The van der Waals surface area contributed by atoms with Gasteiger partial charge in [0.05, 0.1) is 11.0 Å². The number of rotatable bonds is 4. The molecule has 0 spiro atoms. The summed E-state index contributed by atoms with van der Waals surface area (Å²) in [5.41, 5.74) is -1.23. The van der Waals surface area contributed by atoms with Crippen molar-refractivity contribution in [3.05, 3.63) is 33.6 Å². The number of hydrogen-bond acceptors (Lipinski definition) is 4. The van der Waals surface area contributed by atoms with Crippen molar-refractivity contribution < 1.29 is 19.2 Å². The predicted octanol–water partition coefficient (Wildman–Crippen LogP) is 2.54. The maximum absolute atomic E-state index is 13.3. The van der Waals surface area contributed by atoms with Crippen LogP contribution < -0.4 is 0 Å². The molecule has 0 aliphatic heterocycles. The highest BCUT2D eigenvalue weighted by atomic mass is 32.2. The van der Waals surface area contributed by atoms with Gasteiger partial charge in [-0.05, 0) is 11.8 Å². The van der Waals surface area contributed by atoms with Crippen LogP contribution in [0.2, 0.25) is 0 Å². The van der Waals surface area contributed by atoms with Crippen molar-refractivity contribution in [1.29, 1.82) is 0 Å². The summed E-state index contributed by atoms with van der Waals surface area (Å²) in [6.45, 7) is 1.77. The molecule has 0 atom stereocenters. The number of thioether (sulfide) groups is 1. The van der Waals surface area contributed by atoms with Gasteiger partial charge >= 0.3 is 5.97 Å². The molecule has 7 heteroatoms. The van der Waals surface area contributed by atoms with E-state index < -0.39 is 28.0 Å². The van der Waals surface area contributed by atoms with Crippen LogP contribution in [0, 0.1) is 15.9 Å². The number of nitrogens with zero attached hydrogens (tertiary/aromatic N) is 1. The Labute approximate surface area is 94.4 Å². The summed E-state index contributed by atoms with van der Waals surface area (Å²) in [6, 6.07) is 1.63. The minimum Gasteiger partial charge on any atom is -0.477 e. The highest BCUT2D eigenvalue weighted by molar-refractivity contribution is 7.99. The van der Waals surface area contributed by atoms with E-state index in [1.807, 2.05) is 0 Å². The number of nitro benzene ring substituents is 1. The molecule has 16 heavy (non-hydrogen) atoms. The second-order valence-electron chi connectivity index (χ2n) is 2.80. The average Bonchev–Trinajstić information content (AvgIpc) is 2.20. The molecule has 0 aliphatic carbocycles. The second kappa shape index (κ2) is 4.93. The predicted molar refractivity (Wildman–Crippen MR) is 56.4 cm³/mol. The van der Waals surface area contributed by atoms with Crippen LogP contribution in [-0.2, 0) is 0 Å². The highest BCUT2D eigenvalue weighted by Gasteiger charge is 2.23. The van der Waals surface area contributed by atoms with Crippen LogP contribution in [0.25, 0.3) is 0 Å². The van der Waals surface area contributed by atoms with Gasteiger partial charge in [0.1, 0.15) is 11.4 Å². The van der Waals surface area contributed by atoms with E-state index in [2.05, 4.69) is 0 Å². The maximum Gasteiger partial charge on any atom is 0.342 e. The van der Waals surface area contributed by atoms with Crippen LogP contribution in [-0.4, -0.2) is 21.8 Å². The summed E-state index contributed by atoms with van der Waals surface area (Å²) in [6.07, 6.45) is 0. The van der Waals surface area contributed by atoms with Crippen molar-refractivity contribution in [1.82, 2.24) is 0 Å². The minimum absolute atomic E-state index is 0.102. The monoisotopic (exact) mass is 245 g/mol. The van der Waals surface area contributed by atoms with Gasteiger partial charge in [-0.15, -0.1) is 11.8 Å². The fraction of sp³-hybridized carbons (Fsp3) is 0.222. The molecule has 0 heterocycles. The van der Waals surface area contributed by atoms with E-state index in [9.17, 15) is 19.3 Å². The van der Waals surface area contributed by atoms with E-state index in [0.29, 0.717) is 11.8 Å². The van der Waals surface area contributed by atoms with Crippen LogP contribution in [0.4, 0.5) is 10.1 Å². The molecule has 0 fully saturated rings. The van der Waals surface area contributed by atoms with E-state index >= 15 is 0 Å². The number of aromatic carboxylic acids is 1. The largest absolute Gasteiger partial charge is 0.477 e. The molecule has 0 radical (unpaired) electrons. The average molecular weight is 245 g/mol. The van der Waals surface area contributed by atoms with Crippen molar-refractivity contribution in [2.75, 3.05) is 5.75 Å². The van der Waals surface area contributed by atoms with Crippen molar-refractivity contribution >= 4 is 23.4 Å². The van der Waals surface area contributed by atoms with E-state index in [0.717, 1.165) is 17.8 Å². The summed E-state index contributed by atoms with van der Waals surface area (Å²) in [7, 11) is 0. The van der Waals surface area contributed by atoms with Gasteiger partial charge in [0.15, 0.2) is 0 Å². The normalized spacial score (nSPS) is 10.1. The Morgan fingerprint density at radius 3 is 2.69 bits per heavy atom. The van der Waals surface area contributed by atoms with Gasteiger partial charge in [-0.1, -0.05) is 6.92 Å². The van der Waals surface area contributed by atoms with Crippen molar-refractivity contribution in [3.8, 4) is 0 Å². The first-order valence-electron chi connectivity index (χ1n) is 4.31. The van der Waals surface area contributed by atoms with Crippen molar-refractivity contribution in [2.24, 2.45) is 0 Å². The lowest BCUT2D eigenvalue weighted by Crippen LogP contribution is -2.04. The Bertz CT molecular complexity index is 449. The van der Waals surface area contributed by atoms with Crippen LogP contribution in [0.5, 0.6) is 0 Å². The third kappa shape index (κ3) is 2.48. The van der Waals surface area contributed by atoms with Gasteiger partial charge in [-0.3, -0.25) is 10.1 Å². The van der Waals surface area contributed by atoms with Crippen molar-refractivity contribution in [3.63, 3.8) is 0 Å². The van der Waals surface area contributed by atoms with E-state index in [1.54, 1.807) is 6.92 Å². The molecule has 0 aromatic heterocycles. The molecule has 1 rings (SSSR count). The van der Waals surface area contributed by atoms with Gasteiger partial charge in [-0.25, -0.2) is 9.18 Å². The summed E-state index contributed by atoms with van der Waals surface area (Å²) < 4.78 is 13.3. The Hall–Kier alpha value is -1.63. The zero-order chi connectivity index (χ0) is 12.3. The standard InChI is InChI=1S/C9H8FNO4S/c1-2-16-8-3-5(9(12)13)7(11(14)15)4-6(8)10/h3-4H,2H2,1H3,(H,12,13). The number of benzene rings is 1. The maximum atomic E-state index is 13.3. The summed E-state index contributed by atoms with van der Waals surface area (Å²) in [5.74, 6) is -1.67. The number of halogens is 1. The Kier molecular flexibility index (Phi) is 3.83. The summed E-state index contributed by atoms with van der Waals surface area (Å²) in [5, 5.41) is 19.3. The van der Waals surface area contributed by atoms with Crippen LogP contribution >= 0.6 is 11.8 Å². The first-order valence-corrected chi connectivity index (χ1v) is 5.30. The molecule has 0 saturated carbocycles. The lowest BCUT2D eigenvalue weighted by atomic mass is 10.2. The SMILES string of the molecule is CCSc1cc(C(=O)O)c([N+](=O)[O-])cc1F. The second-order valence-corrected chi connectivity index (χ2v) is 4.10. The van der Waals surface area contributed by atoms with Gasteiger partial charge in [0.2, 0.25) is 0 Å². The molecule has 0 bridgehead atoms. The topological polar surface area (TPSA) is 80.4 Å². The Morgan fingerprint density at radius 1 is 1.62 bits per heavy atom. The van der Waals surface area contributed by atoms with Gasteiger partial charge in [-0.2, -0.15) is 0 Å². The fourth-order valence-electron chi connectivity index (χ4n) is 1.13. The number of carboxylic acid groups (broad SMARTS) is 1. The molecule has 1 N–H and O–H groups in total. The Morgan fingerprint density at radius 2 is 2.25 bits per heavy atom. The zero-order valence-corrected chi connectivity index (χ0v) is 9.08. The lowest BCUT2D eigenvalue weighted by molar-refractivity contribution is -0.385. The number of carbonyl (C=O) groups is 1. The highest BCUT2D eigenvalue weighted by Crippen LogP contribution is 2.29. The van der Waals surface area contributed by atoms with Crippen molar-refractivity contribution in [2.45, 2.75) is 11.8 Å². The van der Waals surface area contributed by atoms with Crippen LogP contribution in [0.15, 0.2) is 17.0 Å². The summed E-state index contributed by atoms with van der Waals surface area (Å²) in [4.78, 5) is 20.5. The molecule has 1 aromatic rings. The molecule has 0 saturated heterocycles. The Balaban J connectivity index is 3.37. The molecule has 5 nitrogen and oxygen atoms in total. The van der Waals surface area contributed by atoms with Gasteiger partial charge < -0.3 is 5.11 Å². The number of hydrogen-bond donors (Lipinski definition) is 1. The first kappa shape index (κ1) is 12.4. The smallest absolute Gasteiger partial charge is 0.342 e. The number of carboxylic acids is 1. The molecule has 0 amide bonds. The third-order valence-corrected chi connectivity index (χ3v) is 2.69.